The Labute approximate surface area is 122 Å². The molecule has 2 aromatic rings. The van der Waals surface area contributed by atoms with E-state index in [1.165, 1.54) is 15.4 Å². The zero-order valence-corrected chi connectivity index (χ0v) is 13.0. The van der Waals surface area contributed by atoms with Crippen molar-refractivity contribution in [2.75, 3.05) is 20.3 Å². The molecule has 2 rings (SSSR count). The van der Waals surface area contributed by atoms with Crippen LogP contribution in [0.4, 0.5) is 0 Å². The fraction of sp³-hybridized carbons (Fsp3) is 0.375. The zero-order chi connectivity index (χ0) is 13.7. The highest BCUT2D eigenvalue weighted by atomic mass is 79.9. The van der Waals surface area contributed by atoms with Gasteiger partial charge >= 0.3 is 0 Å². The summed E-state index contributed by atoms with van der Waals surface area (Å²) in [5.74, 6) is 0.965. The second-order valence-electron chi connectivity index (χ2n) is 4.44. The molecule has 19 heavy (non-hydrogen) atoms. The molecule has 0 aliphatic carbocycles. The van der Waals surface area contributed by atoms with Crippen LogP contribution < -0.4 is 4.74 Å². The zero-order valence-electron chi connectivity index (χ0n) is 11.4. The Morgan fingerprint density at radius 2 is 1.84 bits per heavy atom. The fourth-order valence-electron chi connectivity index (χ4n) is 2.12. The Kier molecular flexibility index (Phi) is 5.23. The number of aryl methyl sites for hydroxylation is 1. The summed E-state index contributed by atoms with van der Waals surface area (Å²) in [4.78, 5) is 0. The minimum atomic E-state index is 0.683. The second kappa shape index (κ2) is 6.92. The predicted molar refractivity (Wildman–Crippen MR) is 83.0 cm³/mol. The Hall–Kier alpha value is -1.06. The van der Waals surface area contributed by atoms with Gasteiger partial charge in [-0.15, -0.1) is 0 Å². The first-order valence-corrected chi connectivity index (χ1v) is 7.39. The molecule has 0 atom stereocenters. The molecule has 0 aromatic heterocycles. The largest absolute Gasteiger partial charge is 0.493 e. The van der Waals surface area contributed by atoms with E-state index >= 15 is 0 Å². The first kappa shape index (κ1) is 14.4. The van der Waals surface area contributed by atoms with Crippen LogP contribution in [-0.2, 0) is 11.2 Å². The van der Waals surface area contributed by atoms with Crippen molar-refractivity contribution in [3.05, 3.63) is 40.4 Å². The summed E-state index contributed by atoms with van der Waals surface area (Å²) in [6, 6.07) is 10.5. The first-order chi connectivity index (χ1) is 9.27. The molecule has 0 aliphatic rings. The molecule has 0 radical (unpaired) electrons. The van der Waals surface area contributed by atoms with Gasteiger partial charge in [-0.1, -0.05) is 31.2 Å². The standard InChI is InChI=1S/C16H19BrO2/c1-3-12-11-15(19-10-6-9-18-2)13-7-4-5-8-14(13)16(12)17/h4-5,7-8,11H,3,6,9-10H2,1-2H3. The van der Waals surface area contributed by atoms with Crippen LogP contribution >= 0.6 is 15.9 Å². The van der Waals surface area contributed by atoms with E-state index in [1.54, 1.807) is 7.11 Å². The minimum Gasteiger partial charge on any atom is -0.493 e. The molecular formula is C16H19BrO2. The lowest BCUT2D eigenvalue weighted by Gasteiger charge is -2.13. The molecule has 0 saturated heterocycles. The highest BCUT2D eigenvalue weighted by molar-refractivity contribution is 9.10. The molecule has 2 aromatic carbocycles. The lowest BCUT2D eigenvalue weighted by Crippen LogP contribution is -2.02. The predicted octanol–water partition coefficient (Wildman–Crippen LogP) is 4.58. The number of methoxy groups -OCH3 is 1. The van der Waals surface area contributed by atoms with Crippen molar-refractivity contribution in [1.82, 2.24) is 0 Å². The summed E-state index contributed by atoms with van der Waals surface area (Å²) in [6.07, 6.45) is 1.89. The van der Waals surface area contributed by atoms with Crippen molar-refractivity contribution in [1.29, 1.82) is 0 Å². The molecule has 0 bridgehead atoms. The molecule has 0 amide bonds. The lowest BCUT2D eigenvalue weighted by molar-refractivity contribution is 0.172. The number of halogens is 1. The highest BCUT2D eigenvalue weighted by Gasteiger charge is 2.09. The van der Waals surface area contributed by atoms with E-state index in [1.807, 2.05) is 6.07 Å². The molecule has 0 fully saturated rings. The van der Waals surface area contributed by atoms with Crippen molar-refractivity contribution >= 4 is 26.7 Å². The topological polar surface area (TPSA) is 18.5 Å². The summed E-state index contributed by atoms with van der Waals surface area (Å²) in [6.45, 7) is 3.57. The van der Waals surface area contributed by atoms with Crippen LogP contribution in [0.15, 0.2) is 34.8 Å². The van der Waals surface area contributed by atoms with E-state index in [2.05, 4.69) is 47.1 Å². The van der Waals surface area contributed by atoms with Crippen LogP contribution in [0.25, 0.3) is 10.8 Å². The third-order valence-corrected chi connectivity index (χ3v) is 4.08. The van der Waals surface area contributed by atoms with Crippen molar-refractivity contribution < 1.29 is 9.47 Å². The number of fused-ring (bicyclic) bond motifs is 1. The smallest absolute Gasteiger partial charge is 0.127 e. The van der Waals surface area contributed by atoms with Gasteiger partial charge in [0.1, 0.15) is 5.75 Å². The summed E-state index contributed by atoms with van der Waals surface area (Å²) >= 11 is 3.69. The number of hydrogen-bond acceptors (Lipinski definition) is 2. The highest BCUT2D eigenvalue weighted by Crippen LogP contribution is 2.35. The first-order valence-electron chi connectivity index (χ1n) is 6.59. The molecule has 0 N–H and O–H groups in total. The normalized spacial score (nSPS) is 10.9. The molecule has 2 nitrogen and oxygen atoms in total. The maximum Gasteiger partial charge on any atom is 0.127 e. The third kappa shape index (κ3) is 3.28. The SMILES string of the molecule is CCc1cc(OCCCOC)c2ccccc2c1Br. The van der Waals surface area contributed by atoms with Gasteiger partial charge in [-0.2, -0.15) is 0 Å². The third-order valence-electron chi connectivity index (χ3n) is 3.15. The molecule has 0 saturated carbocycles. The van der Waals surface area contributed by atoms with Gasteiger partial charge in [0.25, 0.3) is 0 Å². The number of ether oxygens (including phenoxy) is 2. The Morgan fingerprint density at radius 3 is 2.53 bits per heavy atom. The number of hydrogen-bond donors (Lipinski definition) is 0. The summed E-state index contributed by atoms with van der Waals surface area (Å²) in [7, 11) is 1.71. The van der Waals surface area contributed by atoms with Crippen LogP contribution in [0.3, 0.4) is 0 Å². The maximum atomic E-state index is 5.92. The Bertz CT molecular complexity index is 552. The van der Waals surface area contributed by atoms with E-state index < -0.39 is 0 Å². The molecule has 3 heteroatoms. The van der Waals surface area contributed by atoms with E-state index in [4.69, 9.17) is 9.47 Å². The molecular weight excluding hydrogens is 304 g/mol. The van der Waals surface area contributed by atoms with Gasteiger partial charge in [-0.05, 0) is 39.4 Å². The van der Waals surface area contributed by atoms with Gasteiger partial charge in [-0.25, -0.2) is 0 Å². The van der Waals surface area contributed by atoms with Crippen LogP contribution in [0.2, 0.25) is 0 Å². The Balaban J connectivity index is 2.33. The quantitative estimate of drug-likeness (QED) is 0.725. The number of benzene rings is 2. The van der Waals surface area contributed by atoms with Crippen LogP contribution in [-0.4, -0.2) is 20.3 Å². The second-order valence-corrected chi connectivity index (χ2v) is 5.23. The van der Waals surface area contributed by atoms with Gasteiger partial charge in [0.2, 0.25) is 0 Å². The molecule has 0 spiro atoms. The van der Waals surface area contributed by atoms with E-state index in [-0.39, 0.29) is 0 Å². The van der Waals surface area contributed by atoms with Crippen molar-refractivity contribution in [3.8, 4) is 5.75 Å². The van der Waals surface area contributed by atoms with E-state index in [9.17, 15) is 0 Å². The Morgan fingerprint density at radius 1 is 1.11 bits per heavy atom. The summed E-state index contributed by atoms with van der Waals surface area (Å²) in [5.41, 5.74) is 1.28. The molecule has 102 valence electrons. The fourth-order valence-corrected chi connectivity index (χ4v) is 2.86. The lowest BCUT2D eigenvalue weighted by atomic mass is 10.0. The van der Waals surface area contributed by atoms with Gasteiger partial charge in [0.15, 0.2) is 0 Å². The van der Waals surface area contributed by atoms with E-state index in [0.717, 1.165) is 30.6 Å². The van der Waals surface area contributed by atoms with E-state index in [0.29, 0.717) is 6.61 Å². The van der Waals surface area contributed by atoms with Gasteiger partial charge < -0.3 is 9.47 Å². The van der Waals surface area contributed by atoms with Gasteiger partial charge in [0, 0.05) is 30.0 Å². The van der Waals surface area contributed by atoms with Crippen LogP contribution in [0.5, 0.6) is 5.75 Å². The average molecular weight is 323 g/mol. The van der Waals surface area contributed by atoms with Gasteiger partial charge in [-0.3, -0.25) is 0 Å². The minimum absolute atomic E-state index is 0.683. The number of rotatable bonds is 6. The molecule has 0 heterocycles. The van der Waals surface area contributed by atoms with Crippen LogP contribution in [0.1, 0.15) is 18.9 Å². The van der Waals surface area contributed by atoms with Gasteiger partial charge in [0.05, 0.1) is 6.61 Å². The molecule has 0 aliphatic heterocycles. The van der Waals surface area contributed by atoms with Crippen molar-refractivity contribution in [2.24, 2.45) is 0 Å². The van der Waals surface area contributed by atoms with Crippen LogP contribution in [0, 0.1) is 0 Å². The summed E-state index contributed by atoms with van der Waals surface area (Å²) in [5, 5.41) is 2.37. The monoisotopic (exact) mass is 322 g/mol. The van der Waals surface area contributed by atoms with Crippen molar-refractivity contribution in [2.45, 2.75) is 19.8 Å². The molecule has 0 unspecified atom stereocenters. The summed E-state index contributed by atoms with van der Waals surface area (Å²) < 4.78 is 12.1. The maximum absolute atomic E-state index is 5.92. The van der Waals surface area contributed by atoms with Crippen molar-refractivity contribution in [3.63, 3.8) is 0 Å². The average Bonchev–Trinajstić information content (AvgIpc) is 2.46.